The van der Waals surface area contributed by atoms with Crippen molar-refractivity contribution in [1.82, 2.24) is 0 Å². The van der Waals surface area contributed by atoms with E-state index in [2.05, 4.69) is 11.3 Å². The van der Waals surface area contributed by atoms with Crippen molar-refractivity contribution in [2.24, 2.45) is 0 Å². The first-order chi connectivity index (χ1) is 6.58. The second-order valence-corrected chi connectivity index (χ2v) is 2.87. The van der Waals surface area contributed by atoms with E-state index in [1.165, 1.54) is 6.92 Å². The van der Waals surface area contributed by atoms with Crippen LogP contribution < -0.4 is 0 Å². The van der Waals surface area contributed by atoms with Crippen molar-refractivity contribution in [2.75, 3.05) is 6.61 Å². The van der Waals surface area contributed by atoms with Gasteiger partial charge in [-0.2, -0.15) is 22.0 Å². The number of alkyl halides is 5. The lowest BCUT2D eigenvalue weighted by atomic mass is 10.2. The molecule has 0 saturated carbocycles. The Kier molecular flexibility index (Phi) is 4.24. The smallest absolute Gasteiger partial charge is 0.453 e. The second-order valence-electron chi connectivity index (χ2n) is 2.87. The molecule has 0 bridgehead atoms. The molecular formula is C8H9F5O2. The fourth-order valence-corrected chi connectivity index (χ4v) is 0.537. The number of carbonyl (C=O) groups is 1. The van der Waals surface area contributed by atoms with Crippen molar-refractivity contribution in [1.29, 1.82) is 0 Å². The fraction of sp³-hybridized carbons (Fsp3) is 0.625. The Morgan fingerprint density at radius 1 is 1.27 bits per heavy atom. The first-order valence-corrected chi connectivity index (χ1v) is 3.85. The molecule has 0 aromatic carbocycles. The predicted molar refractivity (Wildman–Crippen MR) is 41.4 cm³/mol. The molecule has 0 amide bonds. The van der Waals surface area contributed by atoms with Crippen molar-refractivity contribution in [3.05, 3.63) is 12.2 Å². The monoisotopic (exact) mass is 232 g/mol. The van der Waals surface area contributed by atoms with Crippen LogP contribution >= 0.6 is 0 Å². The number of esters is 1. The summed E-state index contributed by atoms with van der Waals surface area (Å²) in [5.74, 6) is -5.84. The highest BCUT2D eigenvalue weighted by atomic mass is 19.4. The van der Waals surface area contributed by atoms with Crippen LogP contribution in [0.5, 0.6) is 0 Å². The molecule has 0 atom stereocenters. The largest absolute Gasteiger partial charge is 0.462 e. The molecule has 0 aromatic heterocycles. The number of ether oxygens (including phenoxy) is 1. The van der Waals surface area contributed by atoms with Crippen LogP contribution in [-0.2, 0) is 9.53 Å². The predicted octanol–water partition coefficient (Wildman–Crippen LogP) is 2.69. The zero-order chi connectivity index (χ0) is 12.3. The molecule has 0 aliphatic heterocycles. The summed E-state index contributed by atoms with van der Waals surface area (Å²) in [6, 6.07) is 0. The first kappa shape index (κ1) is 13.9. The highest BCUT2D eigenvalue weighted by Gasteiger charge is 2.56. The van der Waals surface area contributed by atoms with Gasteiger partial charge in [-0.05, 0) is 6.92 Å². The Hall–Kier alpha value is -1.14. The van der Waals surface area contributed by atoms with Crippen molar-refractivity contribution >= 4 is 5.97 Å². The molecular weight excluding hydrogens is 223 g/mol. The molecule has 0 fully saturated rings. The summed E-state index contributed by atoms with van der Waals surface area (Å²) >= 11 is 0. The van der Waals surface area contributed by atoms with Crippen molar-refractivity contribution in [3.63, 3.8) is 0 Å². The van der Waals surface area contributed by atoms with E-state index < -0.39 is 31.1 Å². The molecule has 88 valence electrons. The van der Waals surface area contributed by atoms with Crippen LogP contribution in [-0.4, -0.2) is 24.7 Å². The van der Waals surface area contributed by atoms with Crippen LogP contribution in [0.4, 0.5) is 22.0 Å². The molecule has 0 unspecified atom stereocenters. The van der Waals surface area contributed by atoms with Crippen LogP contribution in [0.1, 0.15) is 13.3 Å². The number of halogens is 5. The maximum atomic E-state index is 12.2. The average Bonchev–Trinajstić information content (AvgIpc) is 2.01. The summed E-state index contributed by atoms with van der Waals surface area (Å²) in [5.41, 5.74) is -0.0645. The highest BCUT2D eigenvalue weighted by Crippen LogP contribution is 2.37. The van der Waals surface area contributed by atoms with Gasteiger partial charge in [-0.1, -0.05) is 6.58 Å². The van der Waals surface area contributed by atoms with Gasteiger partial charge in [-0.3, -0.25) is 0 Å². The van der Waals surface area contributed by atoms with Crippen LogP contribution in [0.2, 0.25) is 0 Å². The summed E-state index contributed by atoms with van der Waals surface area (Å²) in [7, 11) is 0. The zero-order valence-corrected chi connectivity index (χ0v) is 7.83. The average molecular weight is 232 g/mol. The van der Waals surface area contributed by atoms with Crippen LogP contribution in [0.3, 0.4) is 0 Å². The number of hydrogen-bond donors (Lipinski definition) is 0. The fourth-order valence-electron chi connectivity index (χ4n) is 0.537. The molecule has 0 N–H and O–H groups in total. The van der Waals surface area contributed by atoms with Gasteiger partial charge in [0.25, 0.3) is 0 Å². The minimum atomic E-state index is -5.62. The van der Waals surface area contributed by atoms with Crippen molar-refractivity contribution in [2.45, 2.75) is 25.4 Å². The summed E-state index contributed by atoms with van der Waals surface area (Å²) in [5, 5.41) is 0. The van der Waals surface area contributed by atoms with Crippen LogP contribution in [0, 0.1) is 0 Å². The van der Waals surface area contributed by atoms with Crippen LogP contribution in [0.25, 0.3) is 0 Å². The second kappa shape index (κ2) is 4.59. The molecule has 0 rings (SSSR count). The molecule has 15 heavy (non-hydrogen) atoms. The lowest BCUT2D eigenvalue weighted by Gasteiger charge is -2.19. The van der Waals surface area contributed by atoms with Gasteiger partial charge in [0.1, 0.15) is 0 Å². The summed E-state index contributed by atoms with van der Waals surface area (Å²) < 4.78 is 63.4. The molecule has 2 nitrogen and oxygen atoms in total. The number of rotatable bonds is 4. The van der Waals surface area contributed by atoms with E-state index in [9.17, 15) is 26.7 Å². The van der Waals surface area contributed by atoms with Gasteiger partial charge in [-0.15, -0.1) is 0 Å². The normalized spacial score (nSPS) is 12.4. The van der Waals surface area contributed by atoms with E-state index >= 15 is 0 Å². The zero-order valence-electron chi connectivity index (χ0n) is 7.83. The molecule has 0 aromatic rings. The molecule has 0 heterocycles. The molecule has 0 aliphatic carbocycles. The Balaban J connectivity index is 4.07. The summed E-state index contributed by atoms with van der Waals surface area (Å²) in [6.07, 6.45) is -7.21. The third-order valence-electron chi connectivity index (χ3n) is 1.41. The van der Waals surface area contributed by atoms with E-state index in [0.717, 1.165) is 0 Å². The van der Waals surface area contributed by atoms with E-state index in [1.807, 2.05) is 0 Å². The Morgan fingerprint density at radius 3 is 2.07 bits per heavy atom. The van der Waals surface area contributed by atoms with Crippen molar-refractivity contribution < 1.29 is 31.5 Å². The van der Waals surface area contributed by atoms with Gasteiger partial charge in [-0.25, -0.2) is 4.79 Å². The molecule has 7 heteroatoms. The molecule has 0 radical (unpaired) electrons. The minimum Gasteiger partial charge on any atom is -0.462 e. The van der Waals surface area contributed by atoms with Crippen LogP contribution in [0.15, 0.2) is 12.2 Å². The lowest BCUT2D eigenvalue weighted by molar-refractivity contribution is -0.286. The van der Waals surface area contributed by atoms with Gasteiger partial charge in [0.15, 0.2) is 0 Å². The van der Waals surface area contributed by atoms with Gasteiger partial charge < -0.3 is 4.74 Å². The molecule has 0 spiro atoms. The third kappa shape index (κ3) is 4.26. The highest BCUT2D eigenvalue weighted by molar-refractivity contribution is 5.86. The van der Waals surface area contributed by atoms with E-state index in [1.54, 1.807) is 0 Å². The maximum Gasteiger partial charge on any atom is 0.453 e. The Morgan fingerprint density at radius 2 is 1.73 bits per heavy atom. The lowest BCUT2D eigenvalue weighted by Crippen LogP contribution is -2.37. The number of hydrogen-bond acceptors (Lipinski definition) is 2. The van der Waals surface area contributed by atoms with Gasteiger partial charge in [0, 0.05) is 5.57 Å². The van der Waals surface area contributed by atoms with E-state index in [4.69, 9.17) is 0 Å². The summed E-state index contributed by atoms with van der Waals surface area (Å²) in [6.45, 7) is 3.39. The first-order valence-electron chi connectivity index (χ1n) is 3.85. The molecule has 0 saturated heterocycles. The maximum absolute atomic E-state index is 12.2. The Bertz CT molecular complexity index is 256. The number of carbonyl (C=O) groups excluding carboxylic acids is 1. The standard InChI is InChI=1S/C8H9F5O2/c1-5(2)6(14)15-4-3-7(9,10)8(11,12)13/h1,3-4H2,2H3. The summed E-state index contributed by atoms with van der Waals surface area (Å²) in [4.78, 5) is 10.6. The van der Waals surface area contributed by atoms with Gasteiger partial charge >= 0.3 is 18.1 Å². The molecule has 0 aliphatic rings. The minimum absolute atomic E-state index is 0.0645. The van der Waals surface area contributed by atoms with Gasteiger partial charge in [0.05, 0.1) is 13.0 Å². The quantitative estimate of drug-likeness (QED) is 0.423. The van der Waals surface area contributed by atoms with E-state index in [0.29, 0.717) is 0 Å². The topological polar surface area (TPSA) is 26.3 Å². The third-order valence-corrected chi connectivity index (χ3v) is 1.41. The SMILES string of the molecule is C=C(C)C(=O)OCCC(F)(F)C(F)(F)F. The Labute approximate surface area is 82.7 Å². The van der Waals surface area contributed by atoms with Gasteiger partial charge in [0.2, 0.25) is 0 Å². The van der Waals surface area contributed by atoms with Crippen molar-refractivity contribution in [3.8, 4) is 0 Å². The van der Waals surface area contributed by atoms with E-state index in [-0.39, 0.29) is 5.57 Å².